The van der Waals surface area contributed by atoms with Crippen LogP contribution in [0, 0.1) is 5.92 Å². The van der Waals surface area contributed by atoms with E-state index in [1.807, 2.05) is 10.8 Å². The third kappa shape index (κ3) is 1.59. The van der Waals surface area contributed by atoms with E-state index in [1.165, 1.54) is 12.2 Å². The van der Waals surface area contributed by atoms with Crippen LogP contribution in [0.3, 0.4) is 0 Å². The van der Waals surface area contributed by atoms with Crippen LogP contribution in [0.1, 0.15) is 20.3 Å². The normalized spacial score (nSPS) is 29.6. The van der Waals surface area contributed by atoms with Crippen LogP contribution in [0.4, 0.5) is 0 Å². The summed E-state index contributed by atoms with van der Waals surface area (Å²) in [4.78, 5) is 0. The molecule has 8 heavy (non-hydrogen) atoms. The van der Waals surface area contributed by atoms with Crippen LogP contribution in [0.5, 0.6) is 0 Å². The molecule has 1 heterocycles. The van der Waals surface area contributed by atoms with Crippen LogP contribution < -0.4 is 0 Å². The second-order valence-corrected chi connectivity index (χ2v) is 5.22. The van der Waals surface area contributed by atoms with Crippen molar-refractivity contribution in [2.24, 2.45) is 5.92 Å². The summed E-state index contributed by atoms with van der Waals surface area (Å²) in [6.45, 7) is 4.62. The zero-order valence-electron chi connectivity index (χ0n) is 5.39. The van der Waals surface area contributed by atoms with Gasteiger partial charge in [-0.1, -0.05) is 35.4 Å². The minimum atomic E-state index is 0.884. The second kappa shape index (κ2) is 3.02. The van der Waals surface area contributed by atoms with E-state index in [9.17, 15) is 0 Å². The summed E-state index contributed by atoms with van der Waals surface area (Å²) >= 11 is 0. The zero-order valence-corrected chi connectivity index (χ0v) is 7.02. The first-order chi connectivity index (χ1) is 3.80. The Morgan fingerprint density at radius 1 is 1.50 bits per heavy atom. The Kier molecular flexibility index (Phi) is 2.57. The van der Waals surface area contributed by atoms with Crippen molar-refractivity contribution in [1.82, 2.24) is 0 Å². The van der Waals surface area contributed by atoms with E-state index in [2.05, 4.69) is 24.6 Å². The fourth-order valence-electron chi connectivity index (χ4n) is 0.792. The fourth-order valence-corrected chi connectivity index (χ4v) is 4.06. The molecule has 0 saturated carbocycles. The minimum Gasteiger partial charge on any atom is -0.0938 e. The quantitative estimate of drug-likeness (QED) is 0.524. The molecule has 1 unspecified atom stereocenters. The molecule has 1 aliphatic rings. The Morgan fingerprint density at radius 3 is 2.50 bits per heavy atom. The lowest BCUT2D eigenvalue weighted by Gasteiger charge is -2.09. The molecule has 0 aliphatic carbocycles. The molecule has 1 fully saturated rings. The summed E-state index contributed by atoms with van der Waals surface area (Å²) in [5.41, 5.74) is 0. The SMILES string of the molecule is CC(C)C1CCSS1. The van der Waals surface area contributed by atoms with Crippen LogP contribution in [0.25, 0.3) is 0 Å². The molecule has 1 saturated heterocycles. The molecule has 2 heteroatoms. The van der Waals surface area contributed by atoms with Crippen LogP contribution in [-0.2, 0) is 0 Å². The average molecular weight is 148 g/mol. The summed E-state index contributed by atoms with van der Waals surface area (Å²) in [7, 11) is 4.09. The van der Waals surface area contributed by atoms with Gasteiger partial charge in [0.15, 0.2) is 0 Å². The third-order valence-corrected chi connectivity index (χ3v) is 4.64. The van der Waals surface area contributed by atoms with Crippen LogP contribution in [-0.4, -0.2) is 11.0 Å². The number of hydrogen-bond acceptors (Lipinski definition) is 2. The maximum Gasteiger partial charge on any atom is 0.0182 e. The average Bonchev–Trinajstić information content (AvgIpc) is 2.12. The van der Waals surface area contributed by atoms with Gasteiger partial charge >= 0.3 is 0 Å². The summed E-state index contributed by atoms with van der Waals surface area (Å²) < 4.78 is 0. The first-order valence-corrected chi connectivity index (χ1v) is 5.47. The Morgan fingerprint density at radius 2 is 2.25 bits per heavy atom. The molecule has 0 nitrogen and oxygen atoms in total. The molecular weight excluding hydrogens is 136 g/mol. The van der Waals surface area contributed by atoms with Crippen LogP contribution >= 0.6 is 21.6 Å². The van der Waals surface area contributed by atoms with Crippen molar-refractivity contribution < 1.29 is 0 Å². The molecule has 0 radical (unpaired) electrons. The maximum atomic E-state index is 2.31. The van der Waals surface area contributed by atoms with E-state index in [4.69, 9.17) is 0 Å². The number of rotatable bonds is 1. The molecule has 0 aromatic rings. The maximum absolute atomic E-state index is 2.31. The van der Waals surface area contributed by atoms with E-state index < -0.39 is 0 Å². The summed E-state index contributed by atoms with van der Waals surface area (Å²) in [6, 6.07) is 0. The summed E-state index contributed by atoms with van der Waals surface area (Å²) in [5, 5.41) is 0.944. The van der Waals surface area contributed by atoms with Gasteiger partial charge in [0.05, 0.1) is 0 Å². The molecule has 0 bridgehead atoms. The van der Waals surface area contributed by atoms with E-state index in [-0.39, 0.29) is 0 Å². The largest absolute Gasteiger partial charge is 0.0938 e. The van der Waals surface area contributed by atoms with Crippen LogP contribution in [0.15, 0.2) is 0 Å². The minimum absolute atomic E-state index is 0.884. The van der Waals surface area contributed by atoms with Crippen LogP contribution in [0.2, 0.25) is 0 Å². The van der Waals surface area contributed by atoms with Crippen molar-refractivity contribution in [3.8, 4) is 0 Å². The molecular formula is C6H12S2. The first-order valence-electron chi connectivity index (χ1n) is 3.09. The Labute approximate surface area is 59.2 Å². The predicted octanol–water partition coefficient (Wildman–Crippen LogP) is 2.80. The molecule has 0 aromatic heterocycles. The molecule has 1 rings (SSSR count). The van der Waals surface area contributed by atoms with Crippen molar-refractivity contribution >= 4 is 21.6 Å². The molecule has 0 spiro atoms. The highest BCUT2D eigenvalue weighted by Crippen LogP contribution is 2.40. The van der Waals surface area contributed by atoms with E-state index in [0.29, 0.717) is 0 Å². The topological polar surface area (TPSA) is 0 Å². The molecule has 0 N–H and O–H groups in total. The molecule has 0 aromatic carbocycles. The monoisotopic (exact) mass is 148 g/mol. The van der Waals surface area contributed by atoms with Gasteiger partial charge in [0.2, 0.25) is 0 Å². The van der Waals surface area contributed by atoms with Gasteiger partial charge in [-0.3, -0.25) is 0 Å². The fraction of sp³-hybridized carbons (Fsp3) is 1.00. The lowest BCUT2D eigenvalue weighted by Crippen LogP contribution is -2.05. The molecule has 48 valence electrons. The zero-order chi connectivity index (χ0) is 5.98. The summed E-state index contributed by atoms with van der Waals surface area (Å²) in [5.74, 6) is 2.25. The smallest absolute Gasteiger partial charge is 0.0182 e. The van der Waals surface area contributed by atoms with Crippen molar-refractivity contribution in [3.63, 3.8) is 0 Å². The van der Waals surface area contributed by atoms with Gasteiger partial charge in [0.25, 0.3) is 0 Å². The lowest BCUT2D eigenvalue weighted by atomic mass is 10.1. The number of hydrogen-bond donors (Lipinski definition) is 0. The van der Waals surface area contributed by atoms with Gasteiger partial charge in [-0.15, -0.1) is 0 Å². The predicted molar refractivity (Wildman–Crippen MR) is 43.3 cm³/mol. The van der Waals surface area contributed by atoms with E-state index in [1.54, 1.807) is 0 Å². The van der Waals surface area contributed by atoms with Gasteiger partial charge in [-0.05, 0) is 12.3 Å². The third-order valence-electron chi connectivity index (χ3n) is 1.42. The van der Waals surface area contributed by atoms with Crippen molar-refractivity contribution in [1.29, 1.82) is 0 Å². The van der Waals surface area contributed by atoms with Gasteiger partial charge in [0, 0.05) is 11.0 Å². The highest BCUT2D eigenvalue weighted by molar-refractivity contribution is 8.77. The Balaban J connectivity index is 2.24. The standard InChI is InChI=1S/C6H12S2/c1-5(2)6-3-4-7-8-6/h5-6H,3-4H2,1-2H3. The van der Waals surface area contributed by atoms with Crippen molar-refractivity contribution in [3.05, 3.63) is 0 Å². The molecule has 1 atom stereocenters. The first kappa shape index (κ1) is 6.81. The van der Waals surface area contributed by atoms with Gasteiger partial charge < -0.3 is 0 Å². The second-order valence-electron chi connectivity index (χ2n) is 2.49. The lowest BCUT2D eigenvalue weighted by molar-refractivity contribution is 0.603. The Hall–Kier alpha value is 0.700. The van der Waals surface area contributed by atoms with Crippen molar-refractivity contribution in [2.75, 3.05) is 5.75 Å². The molecule has 0 amide bonds. The highest BCUT2D eigenvalue weighted by Gasteiger charge is 2.18. The van der Waals surface area contributed by atoms with E-state index in [0.717, 1.165) is 11.2 Å². The van der Waals surface area contributed by atoms with Gasteiger partial charge in [0.1, 0.15) is 0 Å². The molecule has 1 aliphatic heterocycles. The highest BCUT2D eigenvalue weighted by atomic mass is 33.1. The Bertz CT molecular complexity index is 64.9. The van der Waals surface area contributed by atoms with Gasteiger partial charge in [-0.25, -0.2) is 0 Å². The summed E-state index contributed by atoms with van der Waals surface area (Å²) in [6.07, 6.45) is 1.42. The van der Waals surface area contributed by atoms with Gasteiger partial charge in [-0.2, -0.15) is 0 Å². The van der Waals surface area contributed by atoms with Crippen molar-refractivity contribution in [2.45, 2.75) is 25.5 Å². The van der Waals surface area contributed by atoms with E-state index >= 15 is 0 Å².